The quantitative estimate of drug-likeness (QED) is 0.876. The van der Waals surface area contributed by atoms with E-state index in [4.69, 9.17) is 5.73 Å². The highest BCUT2D eigenvalue weighted by Crippen LogP contribution is 2.21. The Morgan fingerprint density at radius 2 is 2.35 bits per heavy atom. The number of carbonyl (C=O) groups excluding carboxylic acids is 1. The van der Waals surface area contributed by atoms with E-state index >= 15 is 0 Å². The Hall–Kier alpha value is -0.390. The van der Waals surface area contributed by atoms with Crippen LogP contribution < -0.4 is 5.73 Å². The molecule has 1 aromatic heterocycles. The third kappa shape index (κ3) is 4.41. The zero-order valence-corrected chi connectivity index (χ0v) is 12.7. The normalized spacial score (nSPS) is 12.5. The number of nitrogens with zero attached hydrogens (tertiary/aromatic N) is 1. The van der Waals surface area contributed by atoms with E-state index in [1.807, 2.05) is 18.5 Å². The predicted octanol–water partition coefficient (Wildman–Crippen LogP) is 2.84. The number of hydrogen-bond donors (Lipinski definition) is 1. The Morgan fingerprint density at radius 1 is 1.65 bits per heavy atom. The lowest BCUT2D eigenvalue weighted by atomic mass is 10.0. The van der Waals surface area contributed by atoms with Gasteiger partial charge in [0.05, 0.1) is 12.5 Å². The van der Waals surface area contributed by atoms with Crippen molar-refractivity contribution in [3.8, 4) is 0 Å². The molecule has 1 aromatic rings. The highest BCUT2D eigenvalue weighted by Gasteiger charge is 2.20. The summed E-state index contributed by atoms with van der Waals surface area (Å²) < 4.78 is 1.07. The minimum atomic E-state index is -0.0339. The van der Waals surface area contributed by atoms with Crippen molar-refractivity contribution in [2.24, 2.45) is 11.7 Å². The Kier molecular flexibility index (Phi) is 6.16. The number of rotatable bonds is 6. The summed E-state index contributed by atoms with van der Waals surface area (Å²) in [6, 6.07) is 2.05. The second-order valence-corrected chi connectivity index (χ2v) is 6.06. The van der Waals surface area contributed by atoms with Gasteiger partial charge in [0.25, 0.3) is 0 Å². The Labute approximate surface area is 115 Å². The van der Waals surface area contributed by atoms with Gasteiger partial charge in [-0.1, -0.05) is 13.3 Å². The molecule has 0 saturated carbocycles. The molecular formula is C12H19BrN2OS. The lowest BCUT2D eigenvalue weighted by Gasteiger charge is -2.22. The molecule has 0 aromatic carbocycles. The van der Waals surface area contributed by atoms with Crippen LogP contribution in [-0.4, -0.2) is 24.4 Å². The fourth-order valence-electron chi connectivity index (χ4n) is 1.75. The fourth-order valence-corrected chi connectivity index (χ4v) is 3.25. The van der Waals surface area contributed by atoms with E-state index in [0.717, 1.165) is 17.3 Å². The van der Waals surface area contributed by atoms with E-state index in [0.29, 0.717) is 13.1 Å². The predicted molar refractivity (Wildman–Crippen MR) is 75.9 cm³/mol. The molecule has 1 rings (SSSR count). The maximum absolute atomic E-state index is 12.1. The molecule has 0 spiro atoms. The van der Waals surface area contributed by atoms with E-state index in [-0.39, 0.29) is 11.8 Å². The van der Waals surface area contributed by atoms with Gasteiger partial charge in [0.1, 0.15) is 0 Å². The van der Waals surface area contributed by atoms with Crippen LogP contribution in [0.15, 0.2) is 15.9 Å². The molecule has 0 radical (unpaired) electrons. The summed E-state index contributed by atoms with van der Waals surface area (Å²) in [7, 11) is 1.84. The van der Waals surface area contributed by atoms with Gasteiger partial charge in [0.15, 0.2) is 0 Å². The van der Waals surface area contributed by atoms with Crippen molar-refractivity contribution in [1.82, 2.24) is 4.90 Å². The number of amides is 1. The standard InChI is InChI=1S/C12H19BrN2OS/c1-3-4-9(6-14)12(16)15(2)7-11-5-10(13)8-17-11/h5,8-9H,3-4,6-7,14H2,1-2H3. The van der Waals surface area contributed by atoms with E-state index in [1.54, 1.807) is 16.2 Å². The molecule has 1 atom stereocenters. The van der Waals surface area contributed by atoms with E-state index in [2.05, 4.69) is 22.9 Å². The molecule has 0 aliphatic rings. The minimum Gasteiger partial charge on any atom is -0.340 e. The molecule has 0 aliphatic heterocycles. The maximum Gasteiger partial charge on any atom is 0.227 e. The largest absolute Gasteiger partial charge is 0.340 e. The van der Waals surface area contributed by atoms with E-state index < -0.39 is 0 Å². The van der Waals surface area contributed by atoms with Gasteiger partial charge in [-0.05, 0) is 28.4 Å². The number of halogens is 1. The first-order valence-electron chi connectivity index (χ1n) is 5.76. The second-order valence-electron chi connectivity index (χ2n) is 4.15. The summed E-state index contributed by atoms with van der Waals surface area (Å²) >= 11 is 5.07. The Bertz CT molecular complexity index is 367. The SMILES string of the molecule is CCCC(CN)C(=O)N(C)Cc1cc(Br)cs1. The summed E-state index contributed by atoms with van der Waals surface area (Å²) in [5, 5.41) is 2.03. The summed E-state index contributed by atoms with van der Waals surface area (Å²) in [6.07, 6.45) is 1.86. The summed E-state index contributed by atoms with van der Waals surface area (Å²) in [5.41, 5.74) is 5.64. The van der Waals surface area contributed by atoms with Gasteiger partial charge in [0.2, 0.25) is 5.91 Å². The van der Waals surface area contributed by atoms with Gasteiger partial charge in [-0.2, -0.15) is 0 Å². The number of hydrogen-bond acceptors (Lipinski definition) is 3. The molecule has 0 aliphatic carbocycles. The lowest BCUT2D eigenvalue weighted by Crippen LogP contribution is -2.36. The molecule has 0 bridgehead atoms. The number of thiophene rings is 1. The van der Waals surface area contributed by atoms with Gasteiger partial charge in [-0.15, -0.1) is 11.3 Å². The van der Waals surface area contributed by atoms with Crippen LogP contribution in [0.1, 0.15) is 24.6 Å². The van der Waals surface area contributed by atoms with Crippen LogP contribution in [0, 0.1) is 5.92 Å². The third-order valence-electron chi connectivity index (χ3n) is 2.66. The van der Waals surface area contributed by atoms with Crippen LogP contribution in [-0.2, 0) is 11.3 Å². The Balaban J connectivity index is 2.56. The van der Waals surface area contributed by atoms with Crippen molar-refractivity contribution in [3.63, 3.8) is 0 Å². The molecule has 0 fully saturated rings. The average Bonchev–Trinajstić information content (AvgIpc) is 2.70. The molecule has 1 heterocycles. The first kappa shape index (κ1) is 14.7. The molecule has 17 heavy (non-hydrogen) atoms. The summed E-state index contributed by atoms with van der Waals surface area (Å²) in [4.78, 5) is 15.1. The van der Waals surface area contributed by atoms with Crippen LogP contribution in [0.5, 0.6) is 0 Å². The van der Waals surface area contributed by atoms with Gasteiger partial charge < -0.3 is 10.6 Å². The minimum absolute atomic E-state index is 0.0339. The summed E-state index contributed by atoms with van der Waals surface area (Å²) in [6.45, 7) is 3.17. The van der Waals surface area contributed by atoms with Gasteiger partial charge in [0, 0.05) is 28.3 Å². The molecule has 3 nitrogen and oxygen atoms in total. The van der Waals surface area contributed by atoms with Gasteiger partial charge in [-0.3, -0.25) is 4.79 Å². The highest BCUT2D eigenvalue weighted by atomic mass is 79.9. The van der Waals surface area contributed by atoms with Crippen LogP contribution >= 0.6 is 27.3 Å². The summed E-state index contributed by atoms with van der Waals surface area (Å²) in [5.74, 6) is 0.118. The molecule has 1 amide bonds. The van der Waals surface area contributed by atoms with Crippen molar-refractivity contribution in [2.75, 3.05) is 13.6 Å². The lowest BCUT2D eigenvalue weighted by molar-refractivity contribution is -0.134. The van der Waals surface area contributed by atoms with Crippen LogP contribution in [0.3, 0.4) is 0 Å². The molecule has 5 heteroatoms. The van der Waals surface area contributed by atoms with Crippen LogP contribution in [0.2, 0.25) is 0 Å². The fraction of sp³-hybridized carbons (Fsp3) is 0.583. The van der Waals surface area contributed by atoms with Crippen LogP contribution in [0.4, 0.5) is 0 Å². The first-order valence-corrected chi connectivity index (χ1v) is 7.43. The maximum atomic E-state index is 12.1. The van der Waals surface area contributed by atoms with Crippen molar-refractivity contribution >= 4 is 33.2 Å². The first-order chi connectivity index (χ1) is 8.08. The molecule has 1 unspecified atom stereocenters. The van der Waals surface area contributed by atoms with Crippen molar-refractivity contribution in [3.05, 3.63) is 20.8 Å². The number of nitrogens with two attached hydrogens (primary N) is 1. The molecule has 0 saturated heterocycles. The zero-order chi connectivity index (χ0) is 12.8. The van der Waals surface area contributed by atoms with Gasteiger partial charge in [-0.25, -0.2) is 0 Å². The molecular weight excluding hydrogens is 300 g/mol. The second kappa shape index (κ2) is 7.13. The monoisotopic (exact) mass is 318 g/mol. The Morgan fingerprint density at radius 3 is 2.82 bits per heavy atom. The highest BCUT2D eigenvalue weighted by molar-refractivity contribution is 9.10. The third-order valence-corrected chi connectivity index (χ3v) is 4.34. The van der Waals surface area contributed by atoms with E-state index in [1.165, 1.54) is 4.88 Å². The zero-order valence-electron chi connectivity index (χ0n) is 10.3. The number of carbonyl (C=O) groups is 1. The smallest absolute Gasteiger partial charge is 0.227 e. The van der Waals surface area contributed by atoms with Crippen molar-refractivity contribution in [2.45, 2.75) is 26.3 Å². The van der Waals surface area contributed by atoms with Crippen LogP contribution in [0.25, 0.3) is 0 Å². The molecule has 96 valence electrons. The molecule has 2 N–H and O–H groups in total. The van der Waals surface area contributed by atoms with Crippen molar-refractivity contribution < 1.29 is 4.79 Å². The van der Waals surface area contributed by atoms with E-state index in [9.17, 15) is 4.79 Å². The van der Waals surface area contributed by atoms with Crippen molar-refractivity contribution in [1.29, 1.82) is 0 Å². The average molecular weight is 319 g/mol. The van der Waals surface area contributed by atoms with Gasteiger partial charge >= 0.3 is 0 Å². The topological polar surface area (TPSA) is 46.3 Å².